The molecule has 0 unspecified atom stereocenters. The molecular weight excluding hydrogens is 917 g/mol. The van der Waals surface area contributed by atoms with Crippen molar-refractivity contribution in [2.24, 2.45) is 7.05 Å². The lowest BCUT2D eigenvalue weighted by atomic mass is 9.87. The van der Waals surface area contributed by atoms with Gasteiger partial charge >= 0.3 is 0 Å². The van der Waals surface area contributed by atoms with Crippen LogP contribution in [0, 0.1) is 48.5 Å². The maximum absolute atomic E-state index is 2.34. The van der Waals surface area contributed by atoms with Gasteiger partial charge in [-0.05, 0) is 134 Å². The summed E-state index contributed by atoms with van der Waals surface area (Å²) in [7, 11) is 2.12. The number of para-hydroxylation sites is 4. The number of benzene rings is 11. The Bertz CT molecular complexity index is 3870. The molecular formula is C74H74N2. The predicted molar refractivity (Wildman–Crippen MR) is 334 cm³/mol. The molecule has 11 aromatic carbocycles. The molecule has 0 saturated heterocycles. The van der Waals surface area contributed by atoms with Gasteiger partial charge in [-0.25, -0.2) is 0 Å². The minimum Gasteiger partial charge on any atom is -0.344 e. The van der Waals surface area contributed by atoms with Gasteiger partial charge in [0.05, 0.1) is 11.0 Å². The van der Waals surface area contributed by atoms with Gasteiger partial charge in [0, 0.05) is 45.3 Å². The van der Waals surface area contributed by atoms with Gasteiger partial charge in [0.2, 0.25) is 0 Å². The summed E-state index contributed by atoms with van der Waals surface area (Å²) < 4.78 is 4.58. The molecule has 2 aromatic heterocycles. The van der Waals surface area contributed by atoms with E-state index in [1.807, 2.05) is 0 Å². The average Bonchev–Trinajstić information content (AvgIpc) is 3.94. The van der Waals surface area contributed by atoms with E-state index in [1.54, 1.807) is 0 Å². The number of aromatic nitrogens is 2. The fourth-order valence-corrected chi connectivity index (χ4v) is 9.65. The normalized spacial score (nSPS) is 10.8. The molecule has 13 aromatic rings. The smallest absolute Gasteiger partial charge is 0.0541 e. The molecule has 0 aliphatic heterocycles. The summed E-state index contributed by atoms with van der Waals surface area (Å²) in [5, 5.41) is 10.6. The molecule has 0 saturated carbocycles. The third kappa shape index (κ3) is 13.3. The Kier molecular flexibility index (Phi) is 17.5. The van der Waals surface area contributed by atoms with E-state index < -0.39 is 0 Å². The average molecular weight is 991 g/mol. The molecule has 0 aliphatic carbocycles. The second kappa shape index (κ2) is 24.7. The van der Waals surface area contributed by atoms with Crippen LogP contribution < -0.4 is 0 Å². The maximum Gasteiger partial charge on any atom is 0.0541 e. The Balaban J connectivity index is 0.000000124. The zero-order valence-electron chi connectivity index (χ0n) is 46.6. The van der Waals surface area contributed by atoms with Crippen LogP contribution in [0.5, 0.6) is 0 Å². The zero-order valence-corrected chi connectivity index (χ0v) is 46.6. The first-order chi connectivity index (χ1) is 36.7. The van der Waals surface area contributed by atoms with Gasteiger partial charge in [-0.1, -0.05) is 255 Å². The van der Waals surface area contributed by atoms with E-state index in [4.69, 9.17) is 0 Å². The summed E-state index contributed by atoms with van der Waals surface area (Å²) in [4.78, 5) is 0. The molecule has 13 rings (SSSR count). The first-order valence-electron chi connectivity index (χ1n) is 26.6. The number of hydrogen-bond donors (Lipinski definition) is 0. The molecule has 0 spiro atoms. The quantitative estimate of drug-likeness (QED) is 0.155. The van der Waals surface area contributed by atoms with Gasteiger partial charge in [0.15, 0.2) is 0 Å². The summed E-state index contributed by atoms with van der Waals surface area (Å²) >= 11 is 0. The first-order valence-corrected chi connectivity index (χ1v) is 26.6. The van der Waals surface area contributed by atoms with Crippen LogP contribution in [-0.4, -0.2) is 9.13 Å². The second-order valence-corrected chi connectivity index (χ2v) is 21.1. The fraction of sp³-hybridized carbons (Fsp3) is 0.162. The number of nitrogens with zero attached hydrogens (tertiary/aromatic N) is 2. The van der Waals surface area contributed by atoms with E-state index in [2.05, 4.69) is 334 Å². The molecule has 0 fully saturated rings. The van der Waals surface area contributed by atoms with Crippen LogP contribution in [0.1, 0.15) is 65.3 Å². The SMILES string of the molecule is Cc1ccc(-n2c3ccccc3c3ccccc32)cc1.Cc1ccc(C(C)(C)C)cc1.Cc1ccc(C)c(C)c1.Cc1ccc2ccccc2c1.Cc1cccc2ccccc12.Cn1c2ccccc2c2ccccc21. The lowest BCUT2D eigenvalue weighted by Crippen LogP contribution is -2.10. The number of aryl methyl sites for hydroxylation is 8. The lowest BCUT2D eigenvalue weighted by Gasteiger charge is -2.18. The van der Waals surface area contributed by atoms with Crippen molar-refractivity contribution in [1.29, 1.82) is 0 Å². The van der Waals surface area contributed by atoms with E-state index in [1.165, 1.54) is 115 Å². The van der Waals surface area contributed by atoms with E-state index in [0.717, 1.165) is 0 Å². The highest BCUT2D eigenvalue weighted by molar-refractivity contribution is 6.09. The van der Waals surface area contributed by atoms with Gasteiger partial charge in [-0.15, -0.1) is 0 Å². The van der Waals surface area contributed by atoms with E-state index >= 15 is 0 Å². The Morgan fingerprint density at radius 1 is 0.276 bits per heavy atom. The standard InChI is InChI=1S/C19H15N.C13H11N.2C11H10.C11H16.C9H12/c1-14-10-12-15(13-11-14)20-18-8-4-2-6-16(18)17-7-3-5-9-19(17)20;1-14-12-8-4-2-6-10(12)11-7-3-5-9-13(11)14;1-9-5-4-7-10-6-2-3-8-11(9)10;1-9-6-7-10-4-2-3-5-11(10)8-9;1-9-5-7-10(8-6-9)11(2,3)4;1-7-4-5-8(2)9(3)6-7/h2-13H,1H3;2-9H,1H3;2*2-8H,1H3;5-8H,1-4H3;4-6H,1-3H3. The molecule has 2 heterocycles. The van der Waals surface area contributed by atoms with E-state index in [-0.39, 0.29) is 5.41 Å². The number of rotatable bonds is 1. The minimum absolute atomic E-state index is 0.285. The lowest BCUT2D eigenvalue weighted by molar-refractivity contribution is 0.590. The summed E-state index contributed by atoms with van der Waals surface area (Å²) in [6, 6.07) is 87.9. The summed E-state index contributed by atoms with van der Waals surface area (Å²) in [6.45, 7) is 21.6. The van der Waals surface area contributed by atoms with Gasteiger partial charge in [-0.3, -0.25) is 0 Å². The van der Waals surface area contributed by atoms with E-state index in [0.29, 0.717) is 0 Å². The van der Waals surface area contributed by atoms with Crippen molar-refractivity contribution in [2.45, 2.75) is 74.7 Å². The van der Waals surface area contributed by atoms with Crippen LogP contribution in [0.2, 0.25) is 0 Å². The van der Waals surface area contributed by atoms with Crippen molar-refractivity contribution in [3.63, 3.8) is 0 Å². The molecule has 76 heavy (non-hydrogen) atoms. The Hall–Kier alpha value is -8.46. The Morgan fingerprint density at radius 2 is 0.671 bits per heavy atom. The molecule has 2 nitrogen and oxygen atoms in total. The van der Waals surface area contributed by atoms with Crippen LogP contribution in [0.3, 0.4) is 0 Å². The van der Waals surface area contributed by atoms with Gasteiger partial charge in [0.1, 0.15) is 0 Å². The highest BCUT2D eigenvalue weighted by Gasteiger charge is 2.13. The fourth-order valence-electron chi connectivity index (χ4n) is 9.65. The monoisotopic (exact) mass is 991 g/mol. The Morgan fingerprint density at radius 3 is 1.17 bits per heavy atom. The summed E-state index contributed by atoms with van der Waals surface area (Å²) in [6.07, 6.45) is 0. The first kappa shape index (κ1) is 53.8. The third-order valence-electron chi connectivity index (χ3n) is 14.2. The largest absolute Gasteiger partial charge is 0.344 e. The van der Waals surface area contributed by atoms with Crippen molar-refractivity contribution in [1.82, 2.24) is 9.13 Å². The highest BCUT2D eigenvalue weighted by Crippen LogP contribution is 2.32. The van der Waals surface area contributed by atoms with Crippen LogP contribution >= 0.6 is 0 Å². The van der Waals surface area contributed by atoms with Gasteiger partial charge in [-0.2, -0.15) is 0 Å². The molecule has 0 atom stereocenters. The topological polar surface area (TPSA) is 9.86 Å². The number of hydrogen-bond acceptors (Lipinski definition) is 0. The minimum atomic E-state index is 0.285. The van der Waals surface area contributed by atoms with Crippen molar-refractivity contribution in [2.75, 3.05) is 0 Å². The van der Waals surface area contributed by atoms with Crippen LogP contribution in [-0.2, 0) is 12.5 Å². The zero-order chi connectivity index (χ0) is 53.8. The van der Waals surface area contributed by atoms with Crippen molar-refractivity contribution >= 4 is 65.2 Å². The summed E-state index contributed by atoms with van der Waals surface area (Å²) in [5.74, 6) is 0. The predicted octanol–water partition coefficient (Wildman–Crippen LogP) is 20.6. The maximum atomic E-state index is 2.34. The molecule has 0 amide bonds. The second-order valence-electron chi connectivity index (χ2n) is 21.1. The van der Waals surface area contributed by atoms with Crippen molar-refractivity contribution in [3.8, 4) is 5.69 Å². The molecule has 0 N–H and O–H groups in total. The third-order valence-corrected chi connectivity index (χ3v) is 14.2. The van der Waals surface area contributed by atoms with Crippen molar-refractivity contribution in [3.05, 3.63) is 293 Å². The molecule has 2 heteroatoms. The highest BCUT2D eigenvalue weighted by atomic mass is 15.0. The van der Waals surface area contributed by atoms with E-state index in [9.17, 15) is 0 Å². The summed E-state index contributed by atoms with van der Waals surface area (Å²) in [5.41, 5.74) is 17.4. The van der Waals surface area contributed by atoms with Crippen LogP contribution in [0.4, 0.5) is 0 Å². The molecule has 0 aliphatic rings. The van der Waals surface area contributed by atoms with Gasteiger partial charge in [0.25, 0.3) is 0 Å². The van der Waals surface area contributed by atoms with Crippen LogP contribution in [0.15, 0.2) is 249 Å². The molecule has 380 valence electrons. The molecule has 0 bridgehead atoms. The Labute approximate surface area is 452 Å². The number of fused-ring (bicyclic) bond motifs is 8. The van der Waals surface area contributed by atoms with Crippen molar-refractivity contribution < 1.29 is 0 Å². The van der Waals surface area contributed by atoms with Crippen LogP contribution in [0.25, 0.3) is 70.8 Å². The van der Waals surface area contributed by atoms with Gasteiger partial charge < -0.3 is 9.13 Å². The molecule has 0 radical (unpaired) electrons.